The topological polar surface area (TPSA) is 71.1 Å². The summed E-state index contributed by atoms with van der Waals surface area (Å²) >= 11 is 0.619. The lowest BCUT2D eigenvalue weighted by atomic mass is 10.1. The molecule has 9 heteroatoms. The third-order valence-corrected chi connectivity index (χ3v) is 3.93. The molecule has 0 aliphatic rings. The summed E-state index contributed by atoms with van der Waals surface area (Å²) in [5, 5.41) is 5.03. The van der Waals surface area contributed by atoms with E-state index >= 15 is 0 Å². The first-order valence-electron chi connectivity index (χ1n) is 6.95. The number of anilines is 2. The Labute approximate surface area is 139 Å². The summed E-state index contributed by atoms with van der Waals surface area (Å²) in [4.78, 5) is 26.0. The number of thiazole rings is 1. The molecule has 1 aromatic carbocycles. The first-order valence-corrected chi connectivity index (χ1v) is 7.83. The highest BCUT2D eigenvalue weighted by molar-refractivity contribution is 7.12. The van der Waals surface area contributed by atoms with Crippen molar-refractivity contribution in [3.05, 3.63) is 39.8 Å². The smallest absolute Gasteiger partial charge is 0.326 e. The SMILES string of the molecule is CCc1ccc(NC(C)=O)cc1NC(=O)c1scnc1C(F)(F)F. The number of rotatable bonds is 4. The monoisotopic (exact) mass is 357 g/mol. The standard InChI is InChI=1S/C15H14F3N3O2S/c1-3-9-4-5-10(20-8(2)22)6-11(9)21-14(23)12-13(15(16,17)18)19-7-24-12/h4-7H,3H2,1-2H3,(H,20,22)(H,21,23). The molecule has 0 saturated carbocycles. The molecule has 2 N–H and O–H groups in total. The van der Waals surface area contributed by atoms with E-state index in [0.717, 1.165) is 11.1 Å². The number of alkyl halides is 3. The van der Waals surface area contributed by atoms with E-state index in [1.807, 2.05) is 6.92 Å². The van der Waals surface area contributed by atoms with Gasteiger partial charge in [0.2, 0.25) is 5.91 Å². The summed E-state index contributed by atoms with van der Waals surface area (Å²) in [7, 11) is 0. The van der Waals surface area contributed by atoms with Gasteiger partial charge in [0.1, 0.15) is 4.88 Å². The Morgan fingerprint density at radius 3 is 2.54 bits per heavy atom. The van der Waals surface area contributed by atoms with Crippen LogP contribution in [0.15, 0.2) is 23.7 Å². The van der Waals surface area contributed by atoms with Gasteiger partial charge in [0.05, 0.1) is 5.51 Å². The normalized spacial score (nSPS) is 11.2. The van der Waals surface area contributed by atoms with Gasteiger partial charge in [0.15, 0.2) is 5.69 Å². The number of benzene rings is 1. The van der Waals surface area contributed by atoms with E-state index in [2.05, 4.69) is 15.6 Å². The van der Waals surface area contributed by atoms with Crippen LogP contribution in [-0.4, -0.2) is 16.8 Å². The number of nitrogens with zero attached hydrogens (tertiary/aromatic N) is 1. The fourth-order valence-corrected chi connectivity index (χ4v) is 2.77. The fraction of sp³-hybridized carbons (Fsp3) is 0.267. The molecule has 2 rings (SSSR count). The number of aryl methyl sites for hydroxylation is 1. The van der Waals surface area contributed by atoms with Crippen molar-refractivity contribution in [2.75, 3.05) is 10.6 Å². The van der Waals surface area contributed by atoms with Crippen LogP contribution in [0.2, 0.25) is 0 Å². The third kappa shape index (κ3) is 4.10. The molecule has 1 heterocycles. The molecule has 0 atom stereocenters. The first-order chi connectivity index (χ1) is 11.2. The molecule has 1 aromatic heterocycles. The van der Waals surface area contributed by atoms with E-state index in [1.54, 1.807) is 12.1 Å². The zero-order chi connectivity index (χ0) is 17.9. The molecule has 0 unspecified atom stereocenters. The molecular formula is C15H14F3N3O2S. The molecule has 2 aromatic rings. The second kappa shape index (κ2) is 7.00. The molecule has 128 valence electrons. The lowest BCUT2D eigenvalue weighted by Gasteiger charge is -2.13. The van der Waals surface area contributed by atoms with Gasteiger partial charge in [0.25, 0.3) is 5.91 Å². The van der Waals surface area contributed by atoms with E-state index < -0.39 is 22.7 Å². The van der Waals surface area contributed by atoms with Crippen LogP contribution in [-0.2, 0) is 17.4 Å². The summed E-state index contributed by atoms with van der Waals surface area (Å²) in [5.41, 5.74) is 1.29. The number of amides is 2. The van der Waals surface area contributed by atoms with Crippen LogP contribution >= 0.6 is 11.3 Å². The molecule has 24 heavy (non-hydrogen) atoms. The largest absolute Gasteiger partial charge is 0.434 e. The highest BCUT2D eigenvalue weighted by Crippen LogP contribution is 2.33. The molecule has 0 aliphatic carbocycles. The molecule has 0 saturated heterocycles. The Morgan fingerprint density at radius 1 is 1.25 bits per heavy atom. The number of carbonyl (C=O) groups is 2. The summed E-state index contributed by atoms with van der Waals surface area (Å²) in [6, 6.07) is 4.86. The highest BCUT2D eigenvalue weighted by Gasteiger charge is 2.38. The number of aromatic nitrogens is 1. The molecule has 0 aliphatic heterocycles. The Bertz CT molecular complexity index is 772. The van der Waals surface area contributed by atoms with Crippen LogP contribution in [0.5, 0.6) is 0 Å². The second-order valence-corrected chi connectivity index (χ2v) is 5.74. The molecular weight excluding hydrogens is 343 g/mol. The predicted octanol–water partition coefficient (Wildman–Crippen LogP) is 3.94. The van der Waals surface area contributed by atoms with Crippen molar-refractivity contribution in [3.63, 3.8) is 0 Å². The Balaban J connectivity index is 2.31. The Hall–Kier alpha value is -2.42. The highest BCUT2D eigenvalue weighted by atomic mass is 32.1. The van der Waals surface area contributed by atoms with E-state index in [-0.39, 0.29) is 5.91 Å². The van der Waals surface area contributed by atoms with Crippen LogP contribution < -0.4 is 10.6 Å². The van der Waals surface area contributed by atoms with E-state index in [4.69, 9.17) is 0 Å². The van der Waals surface area contributed by atoms with Crippen LogP contribution in [0.1, 0.15) is 34.8 Å². The number of hydrogen-bond donors (Lipinski definition) is 2. The average molecular weight is 357 g/mol. The van der Waals surface area contributed by atoms with Gasteiger partial charge in [-0.15, -0.1) is 11.3 Å². The quantitative estimate of drug-likeness (QED) is 0.871. The van der Waals surface area contributed by atoms with Gasteiger partial charge in [-0.1, -0.05) is 13.0 Å². The van der Waals surface area contributed by atoms with E-state index in [9.17, 15) is 22.8 Å². The number of halogens is 3. The maximum absolute atomic E-state index is 12.9. The average Bonchev–Trinajstić information content (AvgIpc) is 2.96. The zero-order valence-electron chi connectivity index (χ0n) is 12.8. The van der Waals surface area contributed by atoms with Crippen molar-refractivity contribution >= 4 is 34.5 Å². The van der Waals surface area contributed by atoms with Crippen molar-refractivity contribution in [3.8, 4) is 0 Å². The van der Waals surface area contributed by atoms with Crippen LogP contribution in [0.3, 0.4) is 0 Å². The van der Waals surface area contributed by atoms with Gasteiger partial charge in [-0.3, -0.25) is 9.59 Å². The second-order valence-electron chi connectivity index (χ2n) is 4.89. The van der Waals surface area contributed by atoms with Crippen molar-refractivity contribution in [1.29, 1.82) is 0 Å². The van der Waals surface area contributed by atoms with Gasteiger partial charge in [-0.05, 0) is 24.1 Å². The Morgan fingerprint density at radius 2 is 1.96 bits per heavy atom. The summed E-state index contributed by atoms with van der Waals surface area (Å²) in [6.07, 6.45) is -4.14. The van der Waals surface area contributed by atoms with Gasteiger partial charge >= 0.3 is 6.18 Å². The first kappa shape index (κ1) is 17.9. The lowest BCUT2D eigenvalue weighted by Crippen LogP contribution is -2.18. The summed E-state index contributed by atoms with van der Waals surface area (Å²) in [6.45, 7) is 3.18. The zero-order valence-corrected chi connectivity index (χ0v) is 13.6. The van der Waals surface area contributed by atoms with Gasteiger partial charge in [-0.25, -0.2) is 4.98 Å². The van der Waals surface area contributed by atoms with E-state index in [1.165, 1.54) is 13.0 Å². The minimum absolute atomic E-state index is 0.293. The fourth-order valence-electron chi connectivity index (χ4n) is 2.07. The van der Waals surface area contributed by atoms with Crippen molar-refractivity contribution in [2.45, 2.75) is 26.4 Å². The number of nitrogens with one attached hydrogen (secondary N) is 2. The minimum Gasteiger partial charge on any atom is -0.326 e. The Kier molecular flexibility index (Phi) is 5.23. The van der Waals surface area contributed by atoms with Crippen molar-refractivity contribution in [2.24, 2.45) is 0 Å². The van der Waals surface area contributed by atoms with Gasteiger partial charge in [-0.2, -0.15) is 13.2 Å². The molecule has 0 fully saturated rings. The van der Waals surface area contributed by atoms with Crippen molar-refractivity contribution in [1.82, 2.24) is 4.98 Å². The van der Waals surface area contributed by atoms with Crippen LogP contribution in [0.4, 0.5) is 24.5 Å². The predicted molar refractivity (Wildman–Crippen MR) is 85.2 cm³/mol. The van der Waals surface area contributed by atoms with Gasteiger partial charge < -0.3 is 10.6 Å². The summed E-state index contributed by atoms with van der Waals surface area (Å²) in [5.74, 6) is -1.18. The molecule has 0 bridgehead atoms. The van der Waals surface area contributed by atoms with Crippen LogP contribution in [0, 0.1) is 0 Å². The molecule has 0 spiro atoms. The van der Waals surface area contributed by atoms with E-state index in [0.29, 0.717) is 29.1 Å². The molecule has 0 radical (unpaired) electrons. The molecule has 5 nitrogen and oxygen atoms in total. The minimum atomic E-state index is -4.70. The maximum atomic E-state index is 12.9. The third-order valence-electron chi connectivity index (χ3n) is 3.10. The van der Waals surface area contributed by atoms with Crippen molar-refractivity contribution < 1.29 is 22.8 Å². The maximum Gasteiger partial charge on any atom is 0.434 e. The lowest BCUT2D eigenvalue weighted by molar-refractivity contribution is -0.141. The van der Waals surface area contributed by atoms with Crippen LogP contribution in [0.25, 0.3) is 0 Å². The summed E-state index contributed by atoms with van der Waals surface area (Å²) < 4.78 is 38.6. The van der Waals surface area contributed by atoms with Gasteiger partial charge in [0, 0.05) is 18.3 Å². The number of carbonyl (C=O) groups excluding carboxylic acids is 2. The number of hydrogen-bond acceptors (Lipinski definition) is 4. The molecule has 2 amide bonds.